The van der Waals surface area contributed by atoms with Crippen molar-refractivity contribution in [2.45, 2.75) is 0 Å². The van der Waals surface area contributed by atoms with Gasteiger partial charge in [0.15, 0.2) is 0 Å². The fraction of sp³-hybridized carbons (Fsp3) is 0.182. The molecule has 1 aromatic carbocycles. The molecule has 0 heterocycles. The van der Waals surface area contributed by atoms with Crippen LogP contribution in [-0.2, 0) is 9.59 Å². The van der Waals surface area contributed by atoms with Gasteiger partial charge in [-0.2, -0.15) is 0 Å². The molecule has 0 aliphatic rings. The molecule has 0 saturated heterocycles. The molecule has 0 atom stereocenters. The average molecular weight is 271 g/mol. The Morgan fingerprint density at radius 1 is 1.11 bits per heavy atom. The van der Waals surface area contributed by atoms with Crippen molar-refractivity contribution in [1.82, 2.24) is 10.6 Å². The maximum atomic E-state index is 11.6. The smallest absolute Gasteiger partial charge is 0.322 e. The molecule has 0 aliphatic heterocycles. The molecule has 96 valence electrons. The molecule has 3 N–H and O–H groups in total. The lowest BCUT2D eigenvalue weighted by molar-refractivity contribution is -0.137. The Kier molecular flexibility index (Phi) is 5.13. The van der Waals surface area contributed by atoms with Crippen molar-refractivity contribution in [1.29, 1.82) is 0 Å². The molecule has 0 radical (unpaired) electrons. The van der Waals surface area contributed by atoms with Crippen molar-refractivity contribution in [2.24, 2.45) is 0 Å². The van der Waals surface area contributed by atoms with Gasteiger partial charge in [0.25, 0.3) is 5.91 Å². The van der Waals surface area contributed by atoms with Crippen LogP contribution in [0.2, 0.25) is 5.02 Å². The molecule has 0 aromatic heterocycles. The maximum Gasteiger partial charge on any atom is 0.322 e. The van der Waals surface area contributed by atoms with E-state index in [0.717, 1.165) is 0 Å². The second-order valence-corrected chi connectivity index (χ2v) is 3.74. The zero-order chi connectivity index (χ0) is 13.5. The lowest BCUT2D eigenvalue weighted by Gasteiger charge is -2.06. The third kappa shape index (κ3) is 4.42. The molecule has 0 saturated carbocycles. The highest BCUT2D eigenvalue weighted by Crippen LogP contribution is 2.14. The van der Waals surface area contributed by atoms with E-state index in [1.165, 1.54) is 6.07 Å². The van der Waals surface area contributed by atoms with Gasteiger partial charge in [-0.25, -0.2) is 0 Å². The first-order valence-electron chi connectivity index (χ1n) is 5.02. The van der Waals surface area contributed by atoms with Gasteiger partial charge in [-0.1, -0.05) is 23.7 Å². The number of halogens is 1. The number of carboxylic acids is 1. The molecule has 6 nitrogen and oxygen atoms in total. The molecule has 1 rings (SSSR count). The summed E-state index contributed by atoms with van der Waals surface area (Å²) >= 11 is 5.80. The number of hydrogen-bond donors (Lipinski definition) is 3. The van der Waals surface area contributed by atoms with E-state index >= 15 is 0 Å². The summed E-state index contributed by atoms with van der Waals surface area (Å²) in [5.74, 6) is -2.23. The normalized spacial score (nSPS) is 9.61. The second-order valence-electron chi connectivity index (χ2n) is 3.33. The van der Waals surface area contributed by atoms with Gasteiger partial charge in [0.05, 0.1) is 17.1 Å². The van der Waals surface area contributed by atoms with E-state index < -0.39 is 24.3 Å². The molecular formula is C11H11ClN2O4. The van der Waals surface area contributed by atoms with Crippen LogP contribution < -0.4 is 10.6 Å². The van der Waals surface area contributed by atoms with E-state index in [9.17, 15) is 14.4 Å². The Morgan fingerprint density at radius 2 is 1.78 bits per heavy atom. The van der Waals surface area contributed by atoms with Crippen LogP contribution in [0.5, 0.6) is 0 Å². The topological polar surface area (TPSA) is 95.5 Å². The van der Waals surface area contributed by atoms with Gasteiger partial charge in [-0.3, -0.25) is 14.4 Å². The number of benzene rings is 1. The zero-order valence-electron chi connectivity index (χ0n) is 9.27. The summed E-state index contributed by atoms with van der Waals surface area (Å²) in [5, 5.41) is 13.1. The van der Waals surface area contributed by atoms with Gasteiger partial charge >= 0.3 is 5.97 Å². The van der Waals surface area contributed by atoms with Crippen LogP contribution in [-0.4, -0.2) is 36.0 Å². The molecular weight excluding hydrogens is 260 g/mol. The van der Waals surface area contributed by atoms with Gasteiger partial charge in [0, 0.05) is 0 Å². The van der Waals surface area contributed by atoms with Crippen LogP contribution in [0.3, 0.4) is 0 Å². The number of aliphatic carboxylic acids is 1. The monoisotopic (exact) mass is 270 g/mol. The summed E-state index contributed by atoms with van der Waals surface area (Å²) in [4.78, 5) is 33.0. The largest absolute Gasteiger partial charge is 0.480 e. The van der Waals surface area contributed by atoms with Crippen LogP contribution in [0.1, 0.15) is 10.4 Å². The highest BCUT2D eigenvalue weighted by Gasteiger charge is 2.11. The number of nitrogens with one attached hydrogen (secondary N) is 2. The Bertz CT molecular complexity index is 476. The summed E-state index contributed by atoms with van der Waals surface area (Å²) in [6.45, 7) is -0.794. The second kappa shape index (κ2) is 6.61. The SMILES string of the molecule is O=C(O)CNC(=O)CNC(=O)c1ccccc1Cl. The van der Waals surface area contributed by atoms with E-state index in [0.29, 0.717) is 0 Å². The Hall–Kier alpha value is -2.08. The molecule has 18 heavy (non-hydrogen) atoms. The number of carboxylic acid groups (broad SMARTS) is 1. The molecule has 1 aromatic rings. The van der Waals surface area contributed by atoms with Crippen molar-refractivity contribution < 1.29 is 19.5 Å². The molecule has 0 fully saturated rings. The third-order valence-electron chi connectivity index (χ3n) is 1.96. The van der Waals surface area contributed by atoms with Crippen molar-refractivity contribution in [3.05, 3.63) is 34.9 Å². The van der Waals surface area contributed by atoms with Crippen molar-refractivity contribution in [2.75, 3.05) is 13.1 Å². The predicted molar refractivity (Wildman–Crippen MR) is 64.4 cm³/mol. The van der Waals surface area contributed by atoms with Crippen LogP contribution >= 0.6 is 11.6 Å². The highest BCUT2D eigenvalue weighted by atomic mass is 35.5. The van der Waals surface area contributed by atoms with Crippen LogP contribution in [0.15, 0.2) is 24.3 Å². The lowest BCUT2D eigenvalue weighted by atomic mass is 10.2. The first kappa shape index (κ1) is 14.0. The maximum absolute atomic E-state index is 11.6. The Balaban J connectivity index is 2.45. The standard InChI is InChI=1S/C11H11ClN2O4/c12-8-4-2-1-3-7(8)11(18)14-5-9(15)13-6-10(16)17/h1-4H,5-6H2,(H,13,15)(H,14,18)(H,16,17). The minimum absolute atomic E-state index is 0.255. The fourth-order valence-corrected chi connectivity index (χ4v) is 1.36. The van der Waals surface area contributed by atoms with Crippen LogP contribution in [0.25, 0.3) is 0 Å². The number of amides is 2. The van der Waals surface area contributed by atoms with Gasteiger partial charge in [-0.15, -0.1) is 0 Å². The summed E-state index contributed by atoms with van der Waals surface area (Å²) in [6, 6.07) is 6.40. The van der Waals surface area contributed by atoms with Crippen molar-refractivity contribution in [3.8, 4) is 0 Å². The minimum atomic E-state index is -1.15. The summed E-state index contributed by atoms with van der Waals surface area (Å²) in [6.07, 6.45) is 0. The van der Waals surface area contributed by atoms with Crippen LogP contribution in [0.4, 0.5) is 0 Å². The van der Waals surface area contributed by atoms with E-state index in [1.807, 2.05) is 0 Å². The highest BCUT2D eigenvalue weighted by molar-refractivity contribution is 6.33. The first-order valence-corrected chi connectivity index (χ1v) is 5.39. The molecule has 0 bridgehead atoms. The average Bonchev–Trinajstić information content (AvgIpc) is 2.34. The summed E-state index contributed by atoms with van der Waals surface area (Å²) in [5.41, 5.74) is 0.255. The van der Waals surface area contributed by atoms with Gasteiger partial charge in [-0.05, 0) is 12.1 Å². The summed E-state index contributed by atoms with van der Waals surface area (Å²) < 4.78 is 0. The fourth-order valence-electron chi connectivity index (χ4n) is 1.14. The van der Waals surface area contributed by atoms with E-state index in [1.54, 1.807) is 18.2 Å². The lowest BCUT2D eigenvalue weighted by Crippen LogP contribution is -2.39. The first-order chi connectivity index (χ1) is 8.50. The molecule has 2 amide bonds. The predicted octanol–water partition coefficient (Wildman–Crippen LogP) is 0.271. The van der Waals surface area contributed by atoms with Gasteiger partial charge < -0.3 is 15.7 Å². The number of carbonyl (C=O) groups is 3. The molecule has 0 unspecified atom stereocenters. The quantitative estimate of drug-likeness (QED) is 0.716. The number of carbonyl (C=O) groups excluding carboxylic acids is 2. The molecule has 0 aliphatic carbocycles. The molecule has 0 spiro atoms. The van der Waals surface area contributed by atoms with E-state index in [4.69, 9.17) is 16.7 Å². The van der Waals surface area contributed by atoms with Crippen molar-refractivity contribution >= 4 is 29.4 Å². The van der Waals surface area contributed by atoms with E-state index in [-0.39, 0.29) is 17.1 Å². The Labute approximate surface area is 108 Å². The van der Waals surface area contributed by atoms with Gasteiger partial charge in [0.1, 0.15) is 6.54 Å². The number of rotatable bonds is 5. The summed E-state index contributed by atoms with van der Waals surface area (Å²) in [7, 11) is 0. The van der Waals surface area contributed by atoms with Gasteiger partial charge in [0.2, 0.25) is 5.91 Å². The van der Waals surface area contributed by atoms with E-state index in [2.05, 4.69) is 10.6 Å². The third-order valence-corrected chi connectivity index (χ3v) is 2.29. The molecule has 7 heteroatoms. The number of hydrogen-bond acceptors (Lipinski definition) is 3. The zero-order valence-corrected chi connectivity index (χ0v) is 10.0. The van der Waals surface area contributed by atoms with Crippen LogP contribution in [0, 0.1) is 0 Å². The minimum Gasteiger partial charge on any atom is -0.480 e. The Morgan fingerprint density at radius 3 is 2.39 bits per heavy atom. The van der Waals surface area contributed by atoms with Crippen molar-refractivity contribution in [3.63, 3.8) is 0 Å².